The molecule has 0 radical (unpaired) electrons. The molecule has 2 aromatic rings. The first-order valence-corrected chi connectivity index (χ1v) is 9.57. The van der Waals surface area contributed by atoms with Gasteiger partial charge in [-0.15, -0.1) is 0 Å². The Morgan fingerprint density at radius 2 is 1.88 bits per heavy atom. The van der Waals surface area contributed by atoms with E-state index in [0.29, 0.717) is 11.3 Å². The molecule has 1 atom stereocenters. The smallest absolute Gasteiger partial charge is 0.387 e. The highest BCUT2D eigenvalue weighted by molar-refractivity contribution is 6.07. The highest BCUT2D eigenvalue weighted by atomic mass is 19.3. The molecule has 0 spiro atoms. The molecule has 33 heavy (non-hydrogen) atoms. The Morgan fingerprint density at radius 3 is 2.52 bits per heavy atom. The Hall–Kier alpha value is -4.22. The van der Waals surface area contributed by atoms with Crippen molar-refractivity contribution < 1.29 is 37.4 Å². The number of amides is 5. The lowest BCUT2D eigenvalue weighted by Crippen LogP contribution is -2.40. The van der Waals surface area contributed by atoms with Crippen LogP contribution in [0.2, 0.25) is 0 Å². The lowest BCUT2D eigenvalue weighted by molar-refractivity contribution is -0.123. The fourth-order valence-corrected chi connectivity index (χ4v) is 3.12. The molecular weight excluding hydrogens is 442 g/mol. The lowest BCUT2D eigenvalue weighted by atomic mass is 9.92. The van der Waals surface area contributed by atoms with Crippen LogP contribution in [0.3, 0.4) is 0 Å². The minimum atomic E-state index is -3.05. The van der Waals surface area contributed by atoms with Gasteiger partial charge in [-0.25, -0.2) is 4.79 Å². The molecule has 1 unspecified atom stereocenters. The molecule has 1 heterocycles. The molecule has 2 aromatic carbocycles. The Kier molecular flexibility index (Phi) is 6.75. The summed E-state index contributed by atoms with van der Waals surface area (Å²) in [6.45, 7) is -1.92. The van der Waals surface area contributed by atoms with Crippen LogP contribution in [0.4, 0.5) is 19.3 Å². The maximum Gasteiger partial charge on any atom is 0.387 e. The van der Waals surface area contributed by atoms with E-state index < -0.39 is 42.4 Å². The molecule has 0 saturated carbocycles. The zero-order valence-corrected chi connectivity index (χ0v) is 17.5. The topological polar surface area (TPSA) is 135 Å². The van der Waals surface area contributed by atoms with Gasteiger partial charge in [-0.3, -0.25) is 19.7 Å². The fraction of sp³-hybridized carbons (Fsp3) is 0.238. The molecule has 4 N–H and O–H groups in total. The first-order chi connectivity index (χ1) is 15.6. The Labute approximate surface area is 186 Å². The fourth-order valence-electron chi connectivity index (χ4n) is 3.12. The van der Waals surface area contributed by atoms with Gasteiger partial charge in [0, 0.05) is 11.3 Å². The van der Waals surface area contributed by atoms with Gasteiger partial charge in [-0.2, -0.15) is 8.78 Å². The van der Waals surface area contributed by atoms with Crippen LogP contribution in [-0.2, 0) is 15.1 Å². The maximum absolute atomic E-state index is 12.4. The maximum atomic E-state index is 12.4. The summed E-state index contributed by atoms with van der Waals surface area (Å²) in [6, 6.07) is 9.31. The summed E-state index contributed by atoms with van der Waals surface area (Å²) in [5.41, 5.74) is -0.423. The summed E-state index contributed by atoms with van der Waals surface area (Å²) in [5.74, 6) is -2.03. The summed E-state index contributed by atoms with van der Waals surface area (Å²) < 4.78 is 34.1. The van der Waals surface area contributed by atoms with Crippen molar-refractivity contribution in [3.63, 3.8) is 0 Å². The van der Waals surface area contributed by atoms with Crippen molar-refractivity contribution in [1.29, 1.82) is 0 Å². The number of alkyl halides is 2. The molecule has 1 saturated heterocycles. The normalized spacial score (nSPS) is 17.2. The second-order valence-electron chi connectivity index (χ2n) is 7.09. The predicted molar refractivity (Wildman–Crippen MR) is 111 cm³/mol. The Morgan fingerprint density at radius 1 is 1.12 bits per heavy atom. The molecule has 5 amide bonds. The number of benzene rings is 2. The number of rotatable bonds is 8. The predicted octanol–water partition coefficient (Wildman–Crippen LogP) is 1.72. The van der Waals surface area contributed by atoms with Crippen molar-refractivity contribution in [2.45, 2.75) is 19.1 Å². The molecule has 0 aromatic heterocycles. The summed E-state index contributed by atoms with van der Waals surface area (Å²) in [6.07, 6.45) is 0. The summed E-state index contributed by atoms with van der Waals surface area (Å²) in [4.78, 5) is 48.2. The van der Waals surface area contributed by atoms with E-state index in [0.717, 1.165) is 6.07 Å². The van der Waals surface area contributed by atoms with Gasteiger partial charge in [0.15, 0.2) is 11.5 Å². The number of carbonyl (C=O) groups excluding carboxylic acids is 4. The third kappa shape index (κ3) is 5.34. The molecule has 10 nitrogen and oxygen atoms in total. The number of imide groups is 1. The van der Waals surface area contributed by atoms with Crippen LogP contribution in [0, 0.1) is 0 Å². The molecule has 1 aliphatic rings. The first kappa shape index (κ1) is 23.4. The van der Waals surface area contributed by atoms with E-state index in [4.69, 9.17) is 4.74 Å². The average molecular weight is 462 g/mol. The molecule has 1 aliphatic heterocycles. The number of nitrogens with one attached hydrogen (secondary N) is 4. The molecule has 174 valence electrons. The quantitative estimate of drug-likeness (QED) is 0.442. The molecule has 12 heteroatoms. The van der Waals surface area contributed by atoms with E-state index in [9.17, 15) is 28.0 Å². The van der Waals surface area contributed by atoms with E-state index >= 15 is 0 Å². The Balaban J connectivity index is 1.61. The van der Waals surface area contributed by atoms with Crippen molar-refractivity contribution in [2.75, 3.05) is 19.0 Å². The van der Waals surface area contributed by atoms with Crippen LogP contribution in [0.15, 0.2) is 42.5 Å². The van der Waals surface area contributed by atoms with Crippen LogP contribution in [0.25, 0.3) is 0 Å². The van der Waals surface area contributed by atoms with Gasteiger partial charge in [0.2, 0.25) is 5.91 Å². The summed E-state index contributed by atoms with van der Waals surface area (Å²) in [5, 5.41) is 9.67. The Bertz CT molecular complexity index is 1110. The second kappa shape index (κ2) is 9.51. The summed E-state index contributed by atoms with van der Waals surface area (Å²) >= 11 is 0. The lowest BCUT2D eigenvalue weighted by Gasteiger charge is -2.21. The van der Waals surface area contributed by atoms with Crippen molar-refractivity contribution in [1.82, 2.24) is 16.0 Å². The summed E-state index contributed by atoms with van der Waals surface area (Å²) in [7, 11) is 1.23. The second-order valence-corrected chi connectivity index (χ2v) is 7.09. The number of methoxy groups -OCH3 is 1. The van der Waals surface area contributed by atoms with Gasteiger partial charge in [-0.1, -0.05) is 12.1 Å². The molecule has 0 aliphatic carbocycles. The van der Waals surface area contributed by atoms with Gasteiger partial charge in [0.25, 0.3) is 11.8 Å². The minimum Gasteiger partial charge on any atom is -0.493 e. The zero-order valence-electron chi connectivity index (χ0n) is 17.5. The van der Waals surface area contributed by atoms with Crippen molar-refractivity contribution in [3.8, 4) is 11.5 Å². The highest BCUT2D eigenvalue weighted by Crippen LogP contribution is 2.29. The minimum absolute atomic E-state index is 0.0687. The first-order valence-electron chi connectivity index (χ1n) is 9.57. The van der Waals surface area contributed by atoms with Gasteiger partial charge >= 0.3 is 12.6 Å². The number of halogens is 2. The monoisotopic (exact) mass is 462 g/mol. The standard InChI is InChI=1S/C21H20F2N4O6/c1-21(18(30)26-20(31)27-21)12-4-3-5-13(9-12)25-16(28)10-24-17(29)11-6-7-14(33-19(22)23)15(8-11)32-2/h3-9,19H,10H2,1-2H3,(H,24,29)(H,25,28)(H2,26,27,30,31). The highest BCUT2D eigenvalue weighted by Gasteiger charge is 2.43. The van der Waals surface area contributed by atoms with Crippen LogP contribution in [0.5, 0.6) is 11.5 Å². The van der Waals surface area contributed by atoms with Crippen LogP contribution < -0.4 is 30.7 Å². The number of hydrogen-bond acceptors (Lipinski definition) is 6. The number of anilines is 1. The van der Waals surface area contributed by atoms with Gasteiger partial charge in [-0.05, 0) is 42.8 Å². The molecule has 0 bridgehead atoms. The van der Waals surface area contributed by atoms with Gasteiger partial charge in [0.05, 0.1) is 13.7 Å². The van der Waals surface area contributed by atoms with E-state index in [1.54, 1.807) is 18.2 Å². The van der Waals surface area contributed by atoms with E-state index in [-0.39, 0.29) is 17.1 Å². The van der Waals surface area contributed by atoms with Crippen LogP contribution in [0.1, 0.15) is 22.8 Å². The largest absolute Gasteiger partial charge is 0.493 e. The molecule has 3 rings (SSSR count). The third-order valence-electron chi connectivity index (χ3n) is 4.82. The van der Waals surface area contributed by atoms with Gasteiger partial charge in [0.1, 0.15) is 5.54 Å². The van der Waals surface area contributed by atoms with Crippen molar-refractivity contribution in [2.24, 2.45) is 0 Å². The average Bonchev–Trinajstić information content (AvgIpc) is 3.04. The zero-order chi connectivity index (χ0) is 24.2. The molecule has 1 fully saturated rings. The molecular formula is C21H20F2N4O6. The number of urea groups is 1. The number of hydrogen-bond donors (Lipinski definition) is 4. The van der Waals surface area contributed by atoms with Crippen molar-refractivity contribution in [3.05, 3.63) is 53.6 Å². The van der Waals surface area contributed by atoms with Crippen LogP contribution >= 0.6 is 0 Å². The number of carbonyl (C=O) groups is 4. The van der Waals surface area contributed by atoms with E-state index in [1.165, 1.54) is 32.2 Å². The number of ether oxygens (including phenoxy) is 2. The van der Waals surface area contributed by atoms with Crippen LogP contribution in [-0.4, -0.2) is 44.0 Å². The van der Waals surface area contributed by atoms with E-state index in [1.807, 2.05) is 0 Å². The van der Waals surface area contributed by atoms with E-state index in [2.05, 4.69) is 26.0 Å². The van der Waals surface area contributed by atoms with Crippen molar-refractivity contribution >= 4 is 29.4 Å². The third-order valence-corrected chi connectivity index (χ3v) is 4.82. The SMILES string of the molecule is COc1cc(C(=O)NCC(=O)Nc2cccc(C3(C)NC(=O)NC3=O)c2)ccc1OC(F)F. The van der Waals surface area contributed by atoms with Gasteiger partial charge < -0.3 is 25.4 Å².